The molecule has 5 aromatic carbocycles. The van der Waals surface area contributed by atoms with Crippen molar-refractivity contribution in [3.05, 3.63) is 148 Å². The number of nitrogens with one attached hydrogen (secondary N) is 3. The molecule has 6 aromatic rings. The Balaban J connectivity index is 1.14. The molecule has 0 fully saturated rings. The molecule has 0 bridgehead atoms. The molecule has 2 heterocycles. The van der Waals surface area contributed by atoms with Crippen LogP contribution in [0.5, 0.6) is 0 Å². The average molecular weight is 914 g/mol. The summed E-state index contributed by atoms with van der Waals surface area (Å²) in [5.74, 6) is 1.66. The summed E-state index contributed by atoms with van der Waals surface area (Å²) in [6.07, 6.45) is 0.103. The highest BCUT2D eigenvalue weighted by molar-refractivity contribution is 7.93. The van der Waals surface area contributed by atoms with E-state index in [0.717, 1.165) is 16.8 Å². The highest BCUT2D eigenvalue weighted by Gasteiger charge is 2.37. The number of aromatic nitrogens is 3. The van der Waals surface area contributed by atoms with Gasteiger partial charge in [-0.15, -0.1) is 10.2 Å². The van der Waals surface area contributed by atoms with E-state index in [1.54, 1.807) is 60.7 Å². The maximum absolute atomic E-state index is 13.9. The first-order chi connectivity index (χ1) is 29.1. The number of hydrogen-bond acceptors (Lipinski definition) is 9. The lowest BCUT2D eigenvalue weighted by Crippen LogP contribution is -2.44. The van der Waals surface area contributed by atoms with Gasteiger partial charge in [0.25, 0.3) is 20.0 Å². The van der Waals surface area contributed by atoms with Crippen molar-refractivity contribution in [3.8, 4) is 11.4 Å². The summed E-state index contributed by atoms with van der Waals surface area (Å²) >= 11 is 13.0. The minimum Gasteiger partial charge on any atom is -0.309 e. The molecule has 324 valence electrons. The molecule has 1 aliphatic heterocycles. The number of amidine groups is 1. The number of halogens is 2. The molecule has 0 saturated heterocycles. The molecule has 1 atom stereocenters. The first-order valence-electron chi connectivity index (χ1n) is 20.1. The Morgan fingerprint density at radius 2 is 1.21 bits per heavy atom. The van der Waals surface area contributed by atoms with Crippen LogP contribution in [-0.4, -0.2) is 43.6 Å². The maximum atomic E-state index is 13.9. The van der Waals surface area contributed by atoms with Gasteiger partial charge in [0.1, 0.15) is 12.0 Å². The third kappa shape index (κ3) is 9.34. The fourth-order valence-corrected chi connectivity index (χ4v) is 10.1. The number of aryl methyl sites for hydroxylation is 1. The number of para-hydroxylation sites is 1. The number of sulfonamides is 2. The molecule has 0 radical (unpaired) electrons. The second kappa shape index (κ2) is 17.0. The molecule has 0 saturated carbocycles. The first kappa shape index (κ1) is 44.6. The number of hydrazone groups is 1. The van der Waals surface area contributed by atoms with E-state index in [2.05, 4.69) is 59.7 Å². The molecule has 1 aliphatic rings. The van der Waals surface area contributed by atoms with Crippen molar-refractivity contribution in [2.75, 3.05) is 14.3 Å². The monoisotopic (exact) mass is 912 g/mol. The third-order valence-electron chi connectivity index (χ3n) is 10.9. The van der Waals surface area contributed by atoms with Gasteiger partial charge in [0.2, 0.25) is 0 Å². The van der Waals surface area contributed by atoms with Crippen molar-refractivity contribution in [1.29, 1.82) is 0 Å². The van der Waals surface area contributed by atoms with Crippen molar-refractivity contribution in [3.63, 3.8) is 0 Å². The molecule has 7 rings (SSSR count). The molecule has 0 aliphatic carbocycles. The number of nitrogens with zero attached hydrogens (tertiary/aromatic N) is 5. The van der Waals surface area contributed by atoms with Gasteiger partial charge < -0.3 is 9.47 Å². The van der Waals surface area contributed by atoms with Crippen molar-refractivity contribution in [2.24, 2.45) is 5.10 Å². The standard InChI is InChI=1S/C46H50Cl2N8O4S2/c1-29(2)55-30(3)49-51-43(55)38-26-33(47)18-24-40(38)53-62(59,60)37-22-16-32(17-23-37)46(7,8)28-42-50-52-44(56(42)35-12-10-9-11-13-35)39-27-34(48)19-25-41(39)54-61(57,58)36-20-14-31(15-21-36)45(4,5)6/h9-27,29,42,50,53-54H,28H2,1-8H3. The molecule has 1 unspecified atom stereocenters. The number of benzene rings is 5. The van der Waals surface area contributed by atoms with Gasteiger partial charge in [-0.1, -0.05) is 100 Å². The zero-order valence-electron chi connectivity index (χ0n) is 35.8. The van der Waals surface area contributed by atoms with Crippen LogP contribution in [0.1, 0.15) is 83.4 Å². The smallest absolute Gasteiger partial charge is 0.261 e. The van der Waals surface area contributed by atoms with Crippen LogP contribution in [0.15, 0.2) is 130 Å². The van der Waals surface area contributed by atoms with Crippen LogP contribution in [0.4, 0.5) is 17.1 Å². The zero-order valence-corrected chi connectivity index (χ0v) is 38.9. The first-order valence-corrected chi connectivity index (χ1v) is 23.8. The van der Waals surface area contributed by atoms with Gasteiger partial charge in [0.05, 0.1) is 21.2 Å². The molecule has 0 spiro atoms. The summed E-state index contributed by atoms with van der Waals surface area (Å²) in [4.78, 5) is 2.23. The quantitative estimate of drug-likeness (QED) is 0.104. The van der Waals surface area contributed by atoms with Crippen molar-refractivity contribution in [2.45, 2.75) is 94.6 Å². The van der Waals surface area contributed by atoms with Gasteiger partial charge in [0, 0.05) is 32.9 Å². The summed E-state index contributed by atoms with van der Waals surface area (Å²) in [6.45, 7) is 16.2. The molecule has 12 nitrogen and oxygen atoms in total. The van der Waals surface area contributed by atoms with Gasteiger partial charge >= 0.3 is 0 Å². The molecule has 62 heavy (non-hydrogen) atoms. The van der Waals surface area contributed by atoms with E-state index in [1.807, 2.05) is 84.8 Å². The van der Waals surface area contributed by atoms with Crippen LogP contribution in [0.25, 0.3) is 11.4 Å². The minimum absolute atomic E-state index is 0.0225. The van der Waals surface area contributed by atoms with E-state index >= 15 is 0 Å². The van der Waals surface area contributed by atoms with Crippen LogP contribution < -0.4 is 19.8 Å². The number of anilines is 3. The van der Waals surface area contributed by atoms with E-state index in [4.69, 9.17) is 28.3 Å². The molecular weight excluding hydrogens is 864 g/mol. The summed E-state index contributed by atoms with van der Waals surface area (Å²) in [5.41, 5.74) is 6.99. The molecule has 3 N–H and O–H groups in total. The Morgan fingerprint density at radius 1 is 0.694 bits per heavy atom. The highest BCUT2D eigenvalue weighted by Crippen LogP contribution is 2.37. The average Bonchev–Trinajstić information content (AvgIpc) is 3.82. The predicted octanol–water partition coefficient (Wildman–Crippen LogP) is 10.5. The lowest BCUT2D eigenvalue weighted by atomic mass is 9.80. The van der Waals surface area contributed by atoms with Crippen LogP contribution >= 0.6 is 23.2 Å². The SMILES string of the molecule is Cc1nnc(-c2cc(Cl)ccc2NS(=O)(=O)c2ccc(C(C)(C)CC3NN=C(c4cc(Cl)ccc4NS(=O)(=O)c4ccc(C(C)(C)C)cc4)N3c3ccccc3)cc2)n1C(C)C. The van der Waals surface area contributed by atoms with E-state index in [1.165, 1.54) is 0 Å². The van der Waals surface area contributed by atoms with Crippen molar-refractivity contribution >= 4 is 66.1 Å². The van der Waals surface area contributed by atoms with Gasteiger partial charge in [0.15, 0.2) is 11.7 Å². The van der Waals surface area contributed by atoms with Gasteiger partial charge in [-0.25, -0.2) is 16.8 Å². The molecule has 16 heteroatoms. The Labute approximate surface area is 374 Å². The van der Waals surface area contributed by atoms with Crippen LogP contribution in [0.2, 0.25) is 10.0 Å². The Morgan fingerprint density at radius 3 is 1.74 bits per heavy atom. The second-order valence-electron chi connectivity index (χ2n) is 17.3. The van der Waals surface area contributed by atoms with Crippen LogP contribution in [0, 0.1) is 6.92 Å². The maximum Gasteiger partial charge on any atom is 0.261 e. The van der Waals surface area contributed by atoms with Gasteiger partial charge in [-0.3, -0.25) is 14.9 Å². The Kier molecular flexibility index (Phi) is 12.3. The highest BCUT2D eigenvalue weighted by atomic mass is 35.5. The fraction of sp³-hybridized carbons (Fsp3) is 0.283. The molecule has 0 amide bonds. The summed E-state index contributed by atoms with van der Waals surface area (Å²) in [7, 11) is -8.05. The Hall–Kier alpha value is -5.41. The number of hydrogen-bond donors (Lipinski definition) is 3. The summed E-state index contributed by atoms with van der Waals surface area (Å²) in [5, 5.41) is 14.2. The largest absolute Gasteiger partial charge is 0.309 e. The predicted molar refractivity (Wildman–Crippen MR) is 250 cm³/mol. The fourth-order valence-electron chi connectivity index (χ4n) is 7.59. The topological polar surface area (TPSA) is 151 Å². The van der Waals surface area contributed by atoms with E-state index in [0.29, 0.717) is 56.5 Å². The lowest BCUT2D eigenvalue weighted by Gasteiger charge is -2.34. The lowest BCUT2D eigenvalue weighted by molar-refractivity contribution is 0.396. The van der Waals surface area contributed by atoms with E-state index < -0.39 is 31.6 Å². The van der Waals surface area contributed by atoms with Gasteiger partial charge in [-0.05, 0) is 122 Å². The summed E-state index contributed by atoms with van der Waals surface area (Å²) < 4.78 is 62.9. The normalized spacial score (nSPS) is 14.8. The second-order valence-corrected chi connectivity index (χ2v) is 21.5. The van der Waals surface area contributed by atoms with Crippen molar-refractivity contribution < 1.29 is 16.8 Å². The zero-order chi connectivity index (χ0) is 44.8. The molecular formula is C46H50Cl2N8O4S2. The van der Waals surface area contributed by atoms with Crippen LogP contribution in [-0.2, 0) is 30.9 Å². The Bertz CT molecular complexity index is 2860. The summed E-state index contributed by atoms with van der Waals surface area (Å²) in [6, 6.07) is 33.3. The van der Waals surface area contributed by atoms with Crippen LogP contribution in [0.3, 0.4) is 0 Å². The van der Waals surface area contributed by atoms with Gasteiger partial charge in [-0.2, -0.15) is 5.10 Å². The number of rotatable bonds is 13. The van der Waals surface area contributed by atoms with E-state index in [-0.39, 0.29) is 21.2 Å². The minimum atomic E-state index is -4.05. The third-order valence-corrected chi connectivity index (χ3v) is 14.1. The van der Waals surface area contributed by atoms with E-state index in [9.17, 15) is 16.8 Å². The molecule has 1 aromatic heterocycles. The van der Waals surface area contributed by atoms with Crippen molar-refractivity contribution in [1.82, 2.24) is 20.2 Å².